The van der Waals surface area contributed by atoms with Gasteiger partial charge in [-0.3, -0.25) is 14.5 Å². The number of carbonyl (C=O) groups excluding carboxylic acids is 2. The number of hydrogen-bond donors (Lipinski definition) is 1. The van der Waals surface area contributed by atoms with E-state index in [1.54, 1.807) is 24.3 Å². The normalized spacial score (nSPS) is 14.5. The van der Waals surface area contributed by atoms with Crippen LogP contribution in [0.4, 0.5) is 11.4 Å². The van der Waals surface area contributed by atoms with E-state index in [1.165, 1.54) is 22.2 Å². The van der Waals surface area contributed by atoms with E-state index in [0.29, 0.717) is 25.7 Å². The highest BCUT2D eigenvalue weighted by atomic mass is 35.5. The molecular weight excluding hydrogens is 500 g/mol. The lowest BCUT2D eigenvalue weighted by atomic mass is 10.1. The average molecular weight is 523 g/mol. The van der Waals surface area contributed by atoms with Crippen molar-refractivity contribution in [2.45, 2.75) is 20.8 Å². The van der Waals surface area contributed by atoms with Gasteiger partial charge in [0.2, 0.25) is 0 Å². The standard InChI is InChI=1S/C27H23ClN2O3S2/c1-16-4-8-20(12-18(16)3)29-25(31)15-33-22-10-6-19(7-11-22)13-24-26(32)30(27(34)35-24)21-9-5-17(2)23(28)14-21/h4-14H,15H2,1-3H3,(H,29,31)/b24-13-. The molecule has 0 saturated carbocycles. The summed E-state index contributed by atoms with van der Waals surface area (Å²) in [5, 5.41) is 3.42. The summed E-state index contributed by atoms with van der Waals surface area (Å²) in [7, 11) is 0. The van der Waals surface area contributed by atoms with Gasteiger partial charge in [-0.05, 0) is 85.5 Å². The predicted octanol–water partition coefficient (Wildman–Crippen LogP) is 6.69. The zero-order valence-corrected chi connectivity index (χ0v) is 21.8. The smallest absolute Gasteiger partial charge is 0.270 e. The number of amides is 2. The van der Waals surface area contributed by atoms with Crippen LogP contribution in [0.5, 0.6) is 5.75 Å². The molecule has 8 heteroatoms. The number of thiocarbonyl (C=S) groups is 1. The van der Waals surface area contributed by atoms with Crippen LogP contribution in [0.15, 0.2) is 65.6 Å². The predicted molar refractivity (Wildman–Crippen MR) is 148 cm³/mol. The lowest BCUT2D eigenvalue weighted by molar-refractivity contribution is -0.118. The molecule has 0 radical (unpaired) electrons. The number of carbonyl (C=O) groups is 2. The van der Waals surface area contributed by atoms with Crippen molar-refractivity contribution in [1.29, 1.82) is 0 Å². The van der Waals surface area contributed by atoms with Crippen LogP contribution in [-0.2, 0) is 9.59 Å². The minimum Gasteiger partial charge on any atom is -0.484 e. The molecule has 0 atom stereocenters. The monoisotopic (exact) mass is 522 g/mol. The Morgan fingerprint density at radius 1 is 1.03 bits per heavy atom. The van der Waals surface area contributed by atoms with Gasteiger partial charge in [-0.15, -0.1) is 0 Å². The topological polar surface area (TPSA) is 58.6 Å². The van der Waals surface area contributed by atoms with Crippen molar-refractivity contribution in [3.63, 3.8) is 0 Å². The fourth-order valence-corrected chi connectivity index (χ4v) is 4.86. The molecule has 1 aliphatic heterocycles. The highest BCUT2D eigenvalue weighted by Crippen LogP contribution is 2.37. The molecule has 0 spiro atoms. The van der Waals surface area contributed by atoms with E-state index in [0.717, 1.165) is 22.4 Å². The number of thioether (sulfide) groups is 1. The van der Waals surface area contributed by atoms with Crippen LogP contribution < -0.4 is 15.0 Å². The highest BCUT2D eigenvalue weighted by molar-refractivity contribution is 8.27. The summed E-state index contributed by atoms with van der Waals surface area (Å²) in [6.07, 6.45) is 1.78. The van der Waals surface area contributed by atoms with E-state index >= 15 is 0 Å². The second kappa shape index (κ2) is 10.6. The molecule has 0 unspecified atom stereocenters. The molecule has 0 aromatic heterocycles. The minimum atomic E-state index is -0.239. The number of halogens is 1. The largest absolute Gasteiger partial charge is 0.484 e. The summed E-state index contributed by atoms with van der Waals surface area (Å²) in [6, 6.07) is 18.4. The number of nitrogens with one attached hydrogen (secondary N) is 1. The molecule has 3 aromatic carbocycles. The Balaban J connectivity index is 1.37. The van der Waals surface area contributed by atoms with Crippen LogP contribution in [0, 0.1) is 20.8 Å². The first-order valence-electron chi connectivity index (χ1n) is 10.9. The first kappa shape index (κ1) is 25.0. The summed E-state index contributed by atoms with van der Waals surface area (Å²) in [4.78, 5) is 27.2. The highest BCUT2D eigenvalue weighted by Gasteiger charge is 2.33. The molecule has 1 saturated heterocycles. The van der Waals surface area contributed by atoms with E-state index in [4.69, 9.17) is 28.6 Å². The van der Waals surface area contributed by atoms with Crippen molar-refractivity contribution in [3.8, 4) is 5.75 Å². The fourth-order valence-electron chi connectivity index (χ4n) is 3.39. The Bertz CT molecular complexity index is 1350. The fraction of sp³-hybridized carbons (Fsp3) is 0.148. The number of anilines is 2. The molecule has 0 aliphatic carbocycles. The molecule has 4 rings (SSSR count). The van der Waals surface area contributed by atoms with Gasteiger partial charge in [-0.2, -0.15) is 0 Å². The minimum absolute atomic E-state index is 0.107. The first-order chi connectivity index (χ1) is 16.7. The summed E-state index contributed by atoms with van der Waals surface area (Å²) in [5.74, 6) is 0.125. The van der Waals surface area contributed by atoms with E-state index in [-0.39, 0.29) is 18.4 Å². The quantitative estimate of drug-likeness (QED) is 0.289. The second-order valence-corrected chi connectivity index (χ2v) is 10.2. The van der Waals surface area contributed by atoms with E-state index in [9.17, 15) is 9.59 Å². The van der Waals surface area contributed by atoms with Gasteiger partial charge in [0, 0.05) is 10.7 Å². The zero-order chi connectivity index (χ0) is 25.1. The molecule has 1 fully saturated rings. The van der Waals surface area contributed by atoms with E-state index < -0.39 is 0 Å². The van der Waals surface area contributed by atoms with Gasteiger partial charge < -0.3 is 10.1 Å². The third-order valence-electron chi connectivity index (χ3n) is 5.55. The Morgan fingerprint density at radius 2 is 1.74 bits per heavy atom. The van der Waals surface area contributed by atoms with Gasteiger partial charge in [0.15, 0.2) is 10.9 Å². The maximum atomic E-state index is 13.0. The number of rotatable bonds is 6. The molecule has 35 heavy (non-hydrogen) atoms. The van der Waals surface area contributed by atoms with Gasteiger partial charge in [-0.25, -0.2) is 0 Å². The lowest BCUT2D eigenvalue weighted by Crippen LogP contribution is -2.27. The molecule has 1 heterocycles. The van der Waals surface area contributed by atoms with Crippen LogP contribution >= 0.6 is 35.6 Å². The van der Waals surface area contributed by atoms with Crippen LogP contribution in [0.3, 0.4) is 0 Å². The molecule has 0 bridgehead atoms. The Kier molecular flexibility index (Phi) is 7.60. The van der Waals surface area contributed by atoms with Gasteiger partial charge in [0.25, 0.3) is 11.8 Å². The molecule has 178 valence electrons. The van der Waals surface area contributed by atoms with Crippen LogP contribution in [0.2, 0.25) is 5.02 Å². The summed E-state index contributed by atoms with van der Waals surface area (Å²) >= 11 is 12.9. The van der Waals surface area contributed by atoms with Gasteiger partial charge in [0.1, 0.15) is 5.75 Å². The molecule has 3 aromatic rings. The van der Waals surface area contributed by atoms with Crippen molar-refractivity contribution in [2.24, 2.45) is 0 Å². The first-order valence-corrected chi connectivity index (χ1v) is 12.5. The van der Waals surface area contributed by atoms with E-state index in [1.807, 2.05) is 63.2 Å². The van der Waals surface area contributed by atoms with Gasteiger partial charge in [-0.1, -0.05) is 59.8 Å². The number of benzene rings is 3. The van der Waals surface area contributed by atoms with Gasteiger partial charge >= 0.3 is 0 Å². The maximum Gasteiger partial charge on any atom is 0.270 e. The van der Waals surface area contributed by atoms with Crippen molar-refractivity contribution >= 4 is 69.2 Å². The molecular formula is C27H23ClN2O3S2. The molecule has 2 amide bonds. The summed E-state index contributed by atoms with van der Waals surface area (Å²) in [6.45, 7) is 5.82. The number of nitrogens with zero attached hydrogens (tertiary/aromatic N) is 1. The van der Waals surface area contributed by atoms with Crippen molar-refractivity contribution in [2.75, 3.05) is 16.8 Å². The van der Waals surface area contributed by atoms with Crippen molar-refractivity contribution in [3.05, 3.63) is 92.8 Å². The summed E-state index contributed by atoms with van der Waals surface area (Å²) in [5.41, 5.74) is 5.41. The lowest BCUT2D eigenvalue weighted by Gasteiger charge is -2.15. The van der Waals surface area contributed by atoms with Crippen LogP contribution in [-0.4, -0.2) is 22.7 Å². The van der Waals surface area contributed by atoms with Crippen LogP contribution in [0.1, 0.15) is 22.3 Å². The molecule has 1 N–H and O–H groups in total. The van der Waals surface area contributed by atoms with Crippen LogP contribution in [0.25, 0.3) is 6.08 Å². The summed E-state index contributed by atoms with van der Waals surface area (Å²) < 4.78 is 6.06. The molecule has 1 aliphatic rings. The van der Waals surface area contributed by atoms with E-state index in [2.05, 4.69) is 5.32 Å². The Morgan fingerprint density at radius 3 is 2.43 bits per heavy atom. The van der Waals surface area contributed by atoms with Crippen molar-refractivity contribution < 1.29 is 14.3 Å². The average Bonchev–Trinajstić information content (AvgIpc) is 3.10. The third kappa shape index (κ3) is 5.93. The maximum absolute atomic E-state index is 13.0. The van der Waals surface area contributed by atoms with Crippen molar-refractivity contribution in [1.82, 2.24) is 0 Å². The second-order valence-electron chi connectivity index (χ2n) is 8.16. The SMILES string of the molecule is Cc1ccc(NC(=O)COc2ccc(/C=C3\SC(=S)N(c4ccc(C)c(Cl)c4)C3=O)cc2)cc1C. The number of aryl methyl sites for hydroxylation is 3. The Hall–Kier alpha value is -3.13. The number of hydrogen-bond acceptors (Lipinski definition) is 5. The number of ether oxygens (including phenoxy) is 1. The molecule has 5 nitrogen and oxygen atoms in total. The zero-order valence-electron chi connectivity index (χ0n) is 19.4. The third-order valence-corrected chi connectivity index (χ3v) is 7.26. The van der Waals surface area contributed by atoms with Gasteiger partial charge in [0.05, 0.1) is 10.6 Å². The Labute approximate surface area is 219 Å².